The fraction of sp³-hybridized carbons (Fsp3) is 0.600. The second-order valence-electron chi connectivity index (χ2n) is 6.09. The van der Waals surface area contributed by atoms with E-state index in [0.717, 1.165) is 24.9 Å². The van der Waals surface area contributed by atoms with E-state index in [4.69, 9.17) is 0 Å². The predicted molar refractivity (Wildman–Crippen MR) is 95.2 cm³/mol. The summed E-state index contributed by atoms with van der Waals surface area (Å²) in [5.74, 6) is 0.231. The van der Waals surface area contributed by atoms with Crippen molar-refractivity contribution >= 4 is 28.1 Å². The van der Waals surface area contributed by atoms with Gasteiger partial charge in [0.05, 0.1) is 4.92 Å². The van der Waals surface area contributed by atoms with E-state index >= 15 is 0 Å². The molecule has 1 N–H and O–H groups in total. The van der Waals surface area contributed by atoms with Crippen LogP contribution in [0, 0.1) is 29.9 Å². The first-order valence-electron chi connectivity index (χ1n) is 7.67. The number of piperidine rings is 1. The third-order valence-corrected chi connectivity index (χ3v) is 6.26. The molecule has 0 spiro atoms. The second kappa shape index (κ2) is 8.24. The summed E-state index contributed by atoms with van der Waals surface area (Å²) in [7, 11) is -2.03. The van der Waals surface area contributed by atoms with Gasteiger partial charge in [0.25, 0.3) is 5.69 Å². The molecule has 2 rings (SSSR count). The Balaban J connectivity index is 0.00000288. The molecule has 0 bridgehead atoms. The van der Waals surface area contributed by atoms with Crippen molar-refractivity contribution in [1.29, 1.82) is 0 Å². The van der Waals surface area contributed by atoms with Crippen LogP contribution in [-0.4, -0.2) is 44.3 Å². The fourth-order valence-corrected chi connectivity index (χ4v) is 4.74. The summed E-state index contributed by atoms with van der Waals surface area (Å²) in [5, 5.41) is 14.4. The lowest BCUT2D eigenvalue weighted by molar-refractivity contribution is -0.387. The molecule has 24 heavy (non-hydrogen) atoms. The van der Waals surface area contributed by atoms with E-state index in [1.165, 1.54) is 16.4 Å². The molecule has 9 heteroatoms. The summed E-state index contributed by atoms with van der Waals surface area (Å²) >= 11 is 0. The molecule has 1 saturated heterocycles. The summed E-state index contributed by atoms with van der Waals surface area (Å²) in [6.45, 7) is 5.04. The van der Waals surface area contributed by atoms with Crippen LogP contribution in [0.3, 0.4) is 0 Å². The third-order valence-electron chi connectivity index (χ3n) is 4.36. The van der Waals surface area contributed by atoms with Gasteiger partial charge in [-0.05, 0) is 63.4 Å². The van der Waals surface area contributed by atoms with Crippen LogP contribution >= 0.6 is 12.4 Å². The van der Waals surface area contributed by atoms with Crippen LogP contribution in [0.15, 0.2) is 17.0 Å². The molecule has 1 atom stereocenters. The maximum atomic E-state index is 12.9. The zero-order chi connectivity index (χ0) is 17.2. The molecular weight excluding hydrogens is 354 g/mol. The van der Waals surface area contributed by atoms with E-state index in [1.807, 2.05) is 7.05 Å². The molecule has 0 radical (unpaired) electrons. The van der Waals surface area contributed by atoms with E-state index in [9.17, 15) is 18.5 Å². The largest absolute Gasteiger partial charge is 0.319 e. The molecule has 1 aromatic carbocycles. The van der Waals surface area contributed by atoms with Crippen molar-refractivity contribution in [3.8, 4) is 0 Å². The normalized spacial score (nSPS) is 18.9. The fourth-order valence-electron chi connectivity index (χ4n) is 2.96. The smallest absolute Gasteiger partial charge is 0.289 e. The summed E-state index contributed by atoms with van der Waals surface area (Å²) < 4.78 is 27.2. The Labute approximate surface area is 149 Å². The zero-order valence-corrected chi connectivity index (χ0v) is 15.7. The molecule has 0 saturated carbocycles. The van der Waals surface area contributed by atoms with Crippen LogP contribution in [0.5, 0.6) is 0 Å². The molecule has 1 fully saturated rings. The van der Waals surface area contributed by atoms with Crippen molar-refractivity contribution in [2.75, 3.05) is 26.7 Å². The maximum Gasteiger partial charge on any atom is 0.289 e. The lowest BCUT2D eigenvalue weighted by atomic mass is 10.00. The highest BCUT2D eigenvalue weighted by Gasteiger charge is 2.35. The average molecular weight is 378 g/mol. The van der Waals surface area contributed by atoms with Crippen molar-refractivity contribution in [2.45, 2.75) is 31.6 Å². The molecule has 0 aliphatic carbocycles. The summed E-state index contributed by atoms with van der Waals surface area (Å²) in [6, 6.07) is 2.77. The molecular formula is C15H24ClN3O4S. The van der Waals surface area contributed by atoms with Crippen LogP contribution in [0.2, 0.25) is 0 Å². The van der Waals surface area contributed by atoms with Gasteiger partial charge >= 0.3 is 0 Å². The van der Waals surface area contributed by atoms with E-state index in [2.05, 4.69) is 5.32 Å². The topological polar surface area (TPSA) is 92.6 Å². The molecule has 1 unspecified atom stereocenters. The van der Waals surface area contributed by atoms with Crippen molar-refractivity contribution in [3.05, 3.63) is 33.4 Å². The van der Waals surface area contributed by atoms with Crippen molar-refractivity contribution in [1.82, 2.24) is 9.62 Å². The minimum atomic E-state index is -3.86. The molecule has 1 aliphatic rings. The van der Waals surface area contributed by atoms with Gasteiger partial charge in [0.2, 0.25) is 10.0 Å². The first kappa shape index (κ1) is 20.8. The second-order valence-corrected chi connectivity index (χ2v) is 8.00. The lowest BCUT2D eigenvalue weighted by Gasteiger charge is -2.31. The molecule has 7 nitrogen and oxygen atoms in total. The first-order valence-corrected chi connectivity index (χ1v) is 9.11. The Hall–Kier alpha value is -1.22. The minimum Gasteiger partial charge on any atom is -0.319 e. The standard InChI is InChI=1S/C15H23N3O4S.ClH/c1-11-7-14(18(19)20)15(8-12(11)2)23(21,22)17-6-4-5-13(10-17)9-16-3;/h7-8,13,16H,4-6,9-10H2,1-3H3;1H. The number of nitro benzene ring substituents is 1. The highest BCUT2D eigenvalue weighted by molar-refractivity contribution is 7.89. The highest BCUT2D eigenvalue weighted by atomic mass is 35.5. The van der Waals surface area contributed by atoms with E-state index in [-0.39, 0.29) is 28.9 Å². The van der Waals surface area contributed by atoms with E-state index in [1.54, 1.807) is 13.8 Å². The molecule has 136 valence electrons. The van der Waals surface area contributed by atoms with Gasteiger partial charge in [0, 0.05) is 19.2 Å². The number of hydrogen-bond acceptors (Lipinski definition) is 5. The van der Waals surface area contributed by atoms with Crippen molar-refractivity contribution in [3.63, 3.8) is 0 Å². The van der Waals surface area contributed by atoms with Gasteiger partial charge < -0.3 is 5.32 Å². The zero-order valence-electron chi connectivity index (χ0n) is 14.1. The minimum absolute atomic E-state index is 0. The first-order chi connectivity index (χ1) is 10.8. The summed E-state index contributed by atoms with van der Waals surface area (Å²) in [6.07, 6.45) is 1.73. The number of nitrogens with one attached hydrogen (secondary N) is 1. The van der Waals surface area contributed by atoms with Crippen LogP contribution in [-0.2, 0) is 10.0 Å². The van der Waals surface area contributed by atoms with Gasteiger partial charge in [-0.1, -0.05) is 0 Å². The number of benzene rings is 1. The molecule has 1 aliphatic heterocycles. The Morgan fingerprint density at radius 2 is 1.96 bits per heavy atom. The van der Waals surface area contributed by atoms with Crippen molar-refractivity contribution < 1.29 is 13.3 Å². The summed E-state index contributed by atoms with van der Waals surface area (Å²) in [4.78, 5) is 10.5. The van der Waals surface area contributed by atoms with E-state index in [0.29, 0.717) is 18.7 Å². The van der Waals surface area contributed by atoms with Gasteiger partial charge in [-0.3, -0.25) is 10.1 Å². The van der Waals surface area contributed by atoms with Crippen LogP contribution in [0.25, 0.3) is 0 Å². The Morgan fingerprint density at radius 1 is 1.33 bits per heavy atom. The Morgan fingerprint density at radius 3 is 2.54 bits per heavy atom. The number of hydrogen-bond donors (Lipinski definition) is 1. The number of nitro groups is 1. The van der Waals surface area contributed by atoms with Crippen LogP contribution in [0.4, 0.5) is 5.69 Å². The SMILES string of the molecule is CNCC1CCCN(S(=O)(=O)c2cc(C)c(C)cc2[N+](=O)[O-])C1.Cl. The van der Waals surface area contributed by atoms with Gasteiger partial charge in [-0.25, -0.2) is 8.42 Å². The van der Waals surface area contributed by atoms with Gasteiger partial charge in [-0.2, -0.15) is 4.31 Å². The number of rotatable bonds is 5. The van der Waals surface area contributed by atoms with Crippen LogP contribution < -0.4 is 5.32 Å². The van der Waals surface area contributed by atoms with Gasteiger partial charge in [-0.15, -0.1) is 12.4 Å². The Bertz CT molecular complexity index is 707. The molecule has 1 heterocycles. The Kier molecular flexibility index (Phi) is 7.15. The average Bonchev–Trinajstić information content (AvgIpc) is 2.50. The molecule has 0 aromatic heterocycles. The van der Waals surface area contributed by atoms with E-state index < -0.39 is 14.9 Å². The molecule has 0 amide bonds. The van der Waals surface area contributed by atoms with Gasteiger partial charge in [0.15, 0.2) is 4.90 Å². The van der Waals surface area contributed by atoms with Crippen molar-refractivity contribution in [2.24, 2.45) is 5.92 Å². The number of aryl methyl sites for hydroxylation is 2. The van der Waals surface area contributed by atoms with Crippen LogP contribution in [0.1, 0.15) is 24.0 Å². The number of halogens is 1. The number of sulfonamides is 1. The highest BCUT2D eigenvalue weighted by Crippen LogP contribution is 2.31. The maximum absolute atomic E-state index is 12.9. The van der Waals surface area contributed by atoms with Gasteiger partial charge in [0.1, 0.15) is 0 Å². The monoisotopic (exact) mass is 377 g/mol. The quantitative estimate of drug-likeness (QED) is 0.627. The molecule has 1 aromatic rings. The lowest BCUT2D eigenvalue weighted by Crippen LogP contribution is -2.42. The third kappa shape index (κ3) is 4.24. The predicted octanol–water partition coefficient (Wildman–Crippen LogP) is 2.25. The number of nitrogens with zero attached hydrogens (tertiary/aromatic N) is 2. The summed E-state index contributed by atoms with van der Waals surface area (Å²) in [5.41, 5.74) is 1.10.